The fourth-order valence-electron chi connectivity index (χ4n) is 1.91. The van der Waals surface area contributed by atoms with Crippen LogP contribution in [0.2, 0.25) is 0 Å². The first-order chi connectivity index (χ1) is 9.75. The summed E-state index contributed by atoms with van der Waals surface area (Å²) in [5.74, 6) is -0.0295. The average Bonchev–Trinajstić information content (AvgIpc) is 2.49. The highest BCUT2D eigenvalue weighted by atomic mass is 15.3. The lowest BCUT2D eigenvalue weighted by molar-refractivity contribution is 1.02. The number of hydrogen-bond donors (Lipinski definition) is 2. The Kier molecular flexibility index (Phi) is 4.89. The lowest BCUT2D eigenvalue weighted by Crippen LogP contribution is -2.22. The quantitative estimate of drug-likeness (QED) is 0.495. The number of hydrogen-bond acceptors (Lipinski definition) is 2. The molecule has 102 valence electrons. The minimum Gasteiger partial charge on any atom is -0.369 e. The highest BCUT2D eigenvalue weighted by molar-refractivity contribution is 6.00. The molecule has 4 nitrogen and oxygen atoms in total. The predicted octanol–water partition coefficient (Wildman–Crippen LogP) is 2.30. The first kappa shape index (κ1) is 13.8. The fraction of sp³-hybridized carbons (Fsp3) is 0.125. The SMILES string of the molecule is NC(N)=NN=C(CCc1ccccc1)c1ccccc1. The van der Waals surface area contributed by atoms with Crippen LogP contribution in [0.4, 0.5) is 0 Å². The van der Waals surface area contributed by atoms with Crippen molar-refractivity contribution in [2.24, 2.45) is 21.7 Å². The summed E-state index contributed by atoms with van der Waals surface area (Å²) in [5.41, 5.74) is 13.9. The number of rotatable bonds is 5. The maximum atomic E-state index is 5.35. The smallest absolute Gasteiger partial charge is 0.211 e. The summed E-state index contributed by atoms with van der Waals surface area (Å²) in [6.07, 6.45) is 1.68. The van der Waals surface area contributed by atoms with Crippen molar-refractivity contribution in [3.05, 3.63) is 71.8 Å². The van der Waals surface area contributed by atoms with Gasteiger partial charge in [0.15, 0.2) is 0 Å². The topological polar surface area (TPSA) is 76.8 Å². The summed E-state index contributed by atoms with van der Waals surface area (Å²) in [6, 6.07) is 20.2. The van der Waals surface area contributed by atoms with E-state index in [0.29, 0.717) is 0 Å². The Morgan fingerprint density at radius 1 is 0.800 bits per heavy atom. The van der Waals surface area contributed by atoms with E-state index >= 15 is 0 Å². The molecule has 0 atom stereocenters. The summed E-state index contributed by atoms with van der Waals surface area (Å²) >= 11 is 0. The van der Waals surface area contributed by atoms with Crippen LogP contribution in [0.25, 0.3) is 0 Å². The summed E-state index contributed by atoms with van der Waals surface area (Å²) < 4.78 is 0. The van der Waals surface area contributed by atoms with Crippen LogP contribution in [0.3, 0.4) is 0 Å². The van der Waals surface area contributed by atoms with Gasteiger partial charge in [0.1, 0.15) is 0 Å². The van der Waals surface area contributed by atoms with Gasteiger partial charge < -0.3 is 11.5 Å². The Labute approximate surface area is 118 Å². The first-order valence-electron chi connectivity index (χ1n) is 6.50. The molecule has 0 saturated carbocycles. The van der Waals surface area contributed by atoms with Crippen molar-refractivity contribution in [1.82, 2.24) is 0 Å². The van der Waals surface area contributed by atoms with Crippen LogP contribution in [-0.4, -0.2) is 11.7 Å². The zero-order valence-electron chi connectivity index (χ0n) is 11.2. The fourth-order valence-corrected chi connectivity index (χ4v) is 1.91. The van der Waals surface area contributed by atoms with E-state index in [2.05, 4.69) is 22.3 Å². The average molecular weight is 266 g/mol. The van der Waals surface area contributed by atoms with Crippen molar-refractivity contribution < 1.29 is 0 Å². The van der Waals surface area contributed by atoms with Crippen LogP contribution in [0.1, 0.15) is 17.5 Å². The largest absolute Gasteiger partial charge is 0.369 e. The molecule has 0 heterocycles. The van der Waals surface area contributed by atoms with E-state index in [4.69, 9.17) is 11.5 Å². The normalized spacial score (nSPS) is 11.1. The minimum absolute atomic E-state index is 0.0295. The van der Waals surface area contributed by atoms with Crippen LogP contribution in [-0.2, 0) is 6.42 Å². The third kappa shape index (κ3) is 4.24. The maximum absolute atomic E-state index is 5.35. The molecule has 0 radical (unpaired) electrons. The third-order valence-electron chi connectivity index (χ3n) is 2.89. The van der Waals surface area contributed by atoms with Crippen LogP contribution >= 0.6 is 0 Å². The molecule has 0 saturated heterocycles. The van der Waals surface area contributed by atoms with Crippen LogP contribution in [0.5, 0.6) is 0 Å². The van der Waals surface area contributed by atoms with Crippen molar-refractivity contribution >= 4 is 11.7 Å². The van der Waals surface area contributed by atoms with Gasteiger partial charge >= 0.3 is 0 Å². The molecule has 0 aliphatic carbocycles. The highest BCUT2D eigenvalue weighted by Crippen LogP contribution is 2.10. The second-order valence-corrected chi connectivity index (χ2v) is 4.42. The summed E-state index contributed by atoms with van der Waals surface area (Å²) in [6.45, 7) is 0. The summed E-state index contributed by atoms with van der Waals surface area (Å²) in [7, 11) is 0. The molecule has 4 heteroatoms. The lowest BCUT2D eigenvalue weighted by Gasteiger charge is -2.05. The number of benzene rings is 2. The van der Waals surface area contributed by atoms with E-state index < -0.39 is 0 Å². The zero-order valence-corrected chi connectivity index (χ0v) is 11.2. The van der Waals surface area contributed by atoms with Crippen molar-refractivity contribution in [2.45, 2.75) is 12.8 Å². The summed E-state index contributed by atoms with van der Waals surface area (Å²) in [4.78, 5) is 0. The van der Waals surface area contributed by atoms with E-state index in [1.807, 2.05) is 48.5 Å². The van der Waals surface area contributed by atoms with Crippen LogP contribution in [0.15, 0.2) is 70.9 Å². The van der Waals surface area contributed by atoms with Crippen LogP contribution in [0, 0.1) is 0 Å². The molecule has 0 bridgehead atoms. The Bertz CT molecular complexity index is 584. The van der Waals surface area contributed by atoms with Gasteiger partial charge in [0.2, 0.25) is 5.96 Å². The van der Waals surface area contributed by atoms with Crippen molar-refractivity contribution in [1.29, 1.82) is 0 Å². The van der Waals surface area contributed by atoms with Crippen molar-refractivity contribution in [2.75, 3.05) is 0 Å². The van der Waals surface area contributed by atoms with Gasteiger partial charge in [-0.15, -0.1) is 5.10 Å². The molecular formula is C16H18N4. The van der Waals surface area contributed by atoms with Gasteiger partial charge in [-0.25, -0.2) is 0 Å². The molecule has 4 N–H and O–H groups in total. The molecule has 0 fully saturated rings. The Morgan fingerprint density at radius 2 is 1.40 bits per heavy atom. The van der Waals surface area contributed by atoms with E-state index in [9.17, 15) is 0 Å². The minimum atomic E-state index is -0.0295. The molecule has 2 rings (SSSR count). The Balaban J connectivity index is 2.16. The van der Waals surface area contributed by atoms with Crippen molar-refractivity contribution in [3.8, 4) is 0 Å². The molecule has 0 amide bonds. The molecule has 0 aliphatic rings. The lowest BCUT2D eigenvalue weighted by atomic mass is 10.0. The van der Waals surface area contributed by atoms with E-state index in [0.717, 1.165) is 24.1 Å². The van der Waals surface area contributed by atoms with E-state index in [-0.39, 0.29) is 5.96 Å². The number of guanidine groups is 1. The first-order valence-corrected chi connectivity index (χ1v) is 6.50. The molecule has 0 aliphatic heterocycles. The van der Waals surface area contributed by atoms with Gasteiger partial charge in [0, 0.05) is 0 Å². The predicted molar refractivity (Wildman–Crippen MR) is 83.6 cm³/mol. The van der Waals surface area contributed by atoms with Gasteiger partial charge in [-0.3, -0.25) is 0 Å². The van der Waals surface area contributed by atoms with E-state index in [1.165, 1.54) is 5.56 Å². The van der Waals surface area contributed by atoms with Gasteiger partial charge in [-0.2, -0.15) is 5.10 Å². The second kappa shape index (κ2) is 7.09. The number of nitrogens with zero attached hydrogens (tertiary/aromatic N) is 2. The Morgan fingerprint density at radius 3 is 2.00 bits per heavy atom. The molecule has 0 spiro atoms. The molecule has 0 unspecified atom stereocenters. The maximum Gasteiger partial charge on any atom is 0.211 e. The monoisotopic (exact) mass is 266 g/mol. The number of aryl methyl sites for hydroxylation is 1. The zero-order chi connectivity index (χ0) is 14.2. The third-order valence-corrected chi connectivity index (χ3v) is 2.89. The highest BCUT2D eigenvalue weighted by Gasteiger charge is 2.04. The van der Waals surface area contributed by atoms with E-state index in [1.54, 1.807) is 0 Å². The van der Waals surface area contributed by atoms with Gasteiger partial charge in [0.05, 0.1) is 5.71 Å². The van der Waals surface area contributed by atoms with Crippen molar-refractivity contribution in [3.63, 3.8) is 0 Å². The number of nitrogens with two attached hydrogens (primary N) is 2. The molecule has 2 aromatic rings. The second-order valence-electron chi connectivity index (χ2n) is 4.42. The molecular weight excluding hydrogens is 248 g/mol. The van der Waals surface area contributed by atoms with Gasteiger partial charge in [-0.05, 0) is 24.0 Å². The van der Waals surface area contributed by atoms with Crippen LogP contribution < -0.4 is 11.5 Å². The molecule has 20 heavy (non-hydrogen) atoms. The summed E-state index contributed by atoms with van der Waals surface area (Å²) in [5, 5.41) is 7.94. The van der Waals surface area contributed by atoms with Gasteiger partial charge in [-0.1, -0.05) is 60.7 Å². The molecule has 2 aromatic carbocycles. The van der Waals surface area contributed by atoms with Gasteiger partial charge in [0.25, 0.3) is 0 Å². The Hall–Kier alpha value is -2.62. The molecule has 0 aromatic heterocycles. The standard InChI is InChI=1S/C16H18N4/c17-16(18)20-19-15(14-9-5-2-6-10-14)12-11-13-7-3-1-4-8-13/h1-10H,11-12H2,(H4,17,18,20).